The van der Waals surface area contributed by atoms with Gasteiger partial charge in [-0.15, -0.1) is 0 Å². The first-order valence-corrected chi connectivity index (χ1v) is 10.2. The highest BCUT2D eigenvalue weighted by Gasteiger charge is 2.28. The average Bonchev–Trinajstić information content (AvgIpc) is 3.22. The zero-order valence-electron chi connectivity index (χ0n) is 16.6. The molecule has 150 valence electrons. The van der Waals surface area contributed by atoms with Crippen LogP contribution in [-0.2, 0) is 9.59 Å². The third kappa shape index (κ3) is 4.50. The molecule has 2 amide bonds. The van der Waals surface area contributed by atoms with E-state index in [-0.39, 0.29) is 24.3 Å². The van der Waals surface area contributed by atoms with Crippen molar-refractivity contribution < 1.29 is 14.3 Å². The van der Waals surface area contributed by atoms with Gasteiger partial charge >= 0.3 is 0 Å². The quantitative estimate of drug-likeness (QED) is 0.789. The third-order valence-corrected chi connectivity index (χ3v) is 5.59. The Kier molecular flexibility index (Phi) is 5.65. The summed E-state index contributed by atoms with van der Waals surface area (Å²) in [6.45, 7) is 1.52. The highest BCUT2D eigenvalue weighted by atomic mass is 16.5. The van der Waals surface area contributed by atoms with Gasteiger partial charge in [-0.05, 0) is 67.2 Å². The Labute approximate surface area is 171 Å². The van der Waals surface area contributed by atoms with Crippen molar-refractivity contribution >= 4 is 23.6 Å². The molecule has 2 aromatic carbocycles. The van der Waals surface area contributed by atoms with Gasteiger partial charge in [0, 0.05) is 18.8 Å². The van der Waals surface area contributed by atoms with Gasteiger partial charge in [0.2, 0.25) is 11.8 Å². The Morgan fingerprint density at radius 2 is 1.79 bits per heavy atom. The van der Waals surface area contributed by atoms with Gasteiger partial charge in [-0.2, -0.15) is 0 Å². The van der Waals surface area contributed by atoms with E-state index in [1.54, 1.807) is 11.1 Å². The summed E-state index contributed by atoms with van der Waals surface area (Å²) >= 11 is 0. The Morgan fingerprint density at radius 3 is 2.52 bits per heavy atom. The van der Waals surface area contributed by atoms with Gasteiger partial charge in [-0.3, -0.25) is 9.59 Å². The molecule has 1 N–H and O–H groups in total. The number of nitrogens with one attached hydrogen (secondary N) is 1. The number of rotatable bonds is 5. The first kappa shape index (κ1) is 19.2. The molecule has 1 atom stereocenters. The van der Waals surface area contributed by atoms with Crippen molar-refractivity contribution in [3.05, 3.63) is 65.9 Å². The van der Waals surface area contributed by atoms with Crippen molar-refractivity contribution in [1.29, 1.82) is 0 Å². The molecule has 1 fully saturated rings. The molecule has 4 rings (SSSR count). The highest BCUT2D eigenvalue weighted by Crippen LogP contribution is 2.33. The van der Waals surface area contributed by atoms with E-state index in [0.29, 0.717) is 6.10 Å². The smallest absolute Gasteiger partial charge is 0.226 e. The zero-order valence-corrected chi connectivity index (χ0v) is 16.6. The monoisotopic (exact) mass is 390 g/mol. The fourth-order valence-corrected chi connectivity index (χ4v) is 4.12. The van der Waals surface area contributed by atoms with Gasteiger partial charge in [-0.1, -0.05) is 24.3 Å². The maximum absolute atomic E-state index is 12.7. The minimum absolute atomic E-state index is 0.0815. The van der Waals surface area contributed by atoms with Gasteiger partial charge in [0.05, 0.1) is 18.6 Å². The van der Waals surface area contributed by atoms with E-state index in [1.165, 1.54) is 19.8 Å². The predicted octanol–water partition coefficient (Wildman–Crippen LogP) is 4.91. The molecule has 0 saturated heterocycles. The van der Waals surface area contributed by atoms with Crippen molar-refractivity contribution in [1.82, 2.24) is 4.90 Å². The fourth-order valence-electron chi connectivity index (χ4n) is 4.12. The molecule has 1 aliphatic heterocycles. The van der Waals surface area contributed by atoms with Crippen LogP contribution in [0.25, 0.3) is 6.08 Å². The van der Waals surface area contributed by atoms with Crippen LogP contribution >= 0.6 is 0 Å². The highest BCUT2D eigenvalue weighted by molar-refractivity contribution is 5.92. The van der Waals surface area contributed by atoms with E-state index < -0.39 is 0 Å². The molecule has 0 aromatic heterocycles. The molecule has 0 radical (unpaired) electrons. The Morgan fingerprint density at radius 1 is 1.07 bits per heavy atom. The van der Waals surface area contributed by atoms with E-state index in [4.69, 9.17) is 4.74 Å². The Hall–Kier alpha value is -3.08. The van der Waals surface area contributed by atoms with Gasteiger partial charge in [0.15, 0.2) is 0 Å². The minimum Gasteiger partial charge on any atom is -0.490 e. The van der Waals surface area contributed by atoms with Crippen LogP contribution in [0.3, 0.4) is 0 Å². The lowest BCUT2D eigenvalue weighted by Crippen LogP contribution is -2.33. The van der Waals surface area contributed by atoms with Crippen LogP contribution < -0.4 is 10.1 Å². The summed E-state index contributed by atoms with van der Waals surface area (Å²) < 4.78 is 5.97. The maximum atomic E-state index is 12.7. The fraction of sp³-hybridized carbons (Fsp3) is 0.333. The van der Waals surface area contributed by atoms with Crippen LogP contribution in [0.1, 0.15) is 56.2 Å². The van der Waals surface area contributed by atoms with Crippen molar-refractivity contribution in [2.24, 2.45) is 0 Å². The molecule has 5 heteroatoms. The molecular formula is C24H26N2O3. The number of fused-ring (bicyclic) bond motifs is 1. The number of benzene rings is 2. The lowest BCUT2D eigenvalue weighted by atomic mass is 9.93. The predicted molar refractivity (Wildman–Crippen MR) is 113 cm³/mol. The molecular weight excluding hydrogens is 364 g/mol. The number of hydrogen-bond acceptors (Lipinski definition) is 3. The molecule has 1 aliphatic carbocycles. The normalized spacial score (nSPS) is 18.4. The molecule has 1 unspecified atom stereocenters. The average molecular weight is 390 g/mol. The summed E-state index contributed by atoms with van der Waals surface area (Å²) in [6, 6.07) is 15.1. The first-order chi connectivity index (χ1) is 14.1. The summed E-state index contributed by atoms with van der Waals surface area (Å²) in [4.78, 5) is 26.4. The number of ether oxygens (including phenoxy) is 1. The summed E-state index contributed by atoms with van der Waals surface area (Å²) in [5.74, 6) is 0.627. The Bertz CT molecular complexity index is 914. The van der Waals surface area contributed by atoms with Crippen LogP contribution in [0, 0.1) is 0 Å². The van der Waals surface area contributed by atoms with E-state index >= 15 is 0 Å². The molecule has 29 heavy (non-hydrogen) atoms. The maximum Gasteiger partial charge on any atom is 0.226 e. The topological polar surface area (TPSA) is 58.6 Å². The minimum atomic E-state index is -0.307. The van der Waals surface area contributed by atoms with Crippen LogP contribution in [-0.4, -0.2) is 22.8 Å². The van der Waals surface area contributed by atoms with Gasteiger partial charge in [0.25, 0.3) is 0 Å². The molecule has 2 aliphatic rings. The van der Waals surface area contributed by atoms with Crippen LogP contribution in [0.5, 0.6) is 5.75 Å². The number of amides is 2. The first-order valence-electron chi connectivity index (χ1n) is 10.2. The van der Waals surface area contributed by atoms with E-state index in [0.717, 1.165) is 35.4 Å². The van der Waals surface area contributed by atoms with E-state index in [2.05, 4.69) is 5.32 Å². The number of nitrogens with zero attached hydrogens (tertiary/aromatic N) is 1. The van der Waals surface area contributed by atoms with Gasteiger partial charge < -0.3 is 15.0 Å². The molecule has 5 nitrogen and oxygen atoms in total. The van der Waals surface area contributed by atoms with Crippen molar-refractivity contribution in [3.63, 3.8) is 0 Å². The lowest BCUT2D eigenvalue weighted by Gasteiger charge is -2.32. The second-order valence-corrected chi connectivity index (χ2v) is 7.69. The summed E-state index contributed by atoms with van der Waals surface area (Å²) in [5.41, 5.74) is 2.75. The second-order valence-electron chi connectivity index (χ2n) is 7.69. The lowest BCUT2D eigenvalue weighted by molar-refractivity contribution is -0.129. The van der Waals surface area contributed by atoms with Gasteiger partial charge in [0.1, 0.15) is 5.75 Å². The largest absolute Gasteiger partial charge is 0.490 e. The summed E-state index contributed by atoms with van der Waals surface area (Å²) in [7, 11) is 0. The van der Waals surface area contributed by atoms with Crippen molar-refractivity contribution in [2.75, 3.05) is 5.32 Å². The van der Waals surface area contributed by atoms with Crippen LogP contribution in [0.15, 0.2) is 54.7 Å². The standard InChI is InChI=1S/C24H26N2O3/c1-17(27)26-15-14-18-6-2-5-9-22(18)23(26)16-24(28)25-19-10-12-21(13-11-19)29-20-7-3-4-8-20/h2,5-6,9-15,20,23H,3-4,7-8,16H2,1H3,(H,25,28). The third-order valence-electron chi connectivity index (χ3n) is 5.59. The summed E-state index contributed by atoms with van der Waals surface area (Å²) in [6.07, 6.45) is 8.87. The number of carbonyl (C=O) groups is 2. The van der Waals surface area contributed by atoms with E-state index in [9.17, 15) is 9.59 Å². The van der Waals surface area contributed by atoms with Crippen LogP contribution in [0.2, 0.25) is 0 Å². The Balaban J connectivity index is 1.41. The number of anilines is 1. The summed E-state index contributed by atoms with van der Waals surface area (Å²) in [5, 5.41) is 2.94. The second kappa shape index (κ2) is 8.52. The molecule has 2 aromatic rings. The molecule has 1 saturated carbocycles. The molecule has 0 bridgehead atoms. The van der Waals surface area contributed by atoms with Crippen molar-refractivity contribution in [2.45, 2.75) is 51.2 Å². The van der Waals surface area contributed by atoms with E-state index in [1.807, 2.05) is 54.6 Å². The zero-order chi connectivity index (χ0) is 20.2. The SMILES string of the molecule is CC(=O)N1C=Cc2ccccc2C1CC(=O)Nc1ccc(OC2CCCC2)cc1. The molecule has 1 heterocycles. The molecule has 0 spiro atoms. The van der Waals surface area contributed by atoms with Crippen molar-refractivity contribution in [3.8, 4) is 5.75 Å². The van der Waals surface area contributed by atoms with Gasteiger partial charge in [-0.25, -0.2) is 0 Å². The van der Waals surface area contributed by atoms with Crippen LogP contribution in [0.4, 0.5) is 5.69 Å². The number of carbonyl (C=O) groups excluding carboxylic acids is 2. The number of hydrogen-bond donors (Lipinski definition) is 1.